The van der Waals surface area contributed by atoms with Crippen LogP contribution in [-0.2, 0) is 15.7 Å². The number of hydrogen-bond donors (Lipinski definition) is 0. The fraction of sp³-hybridized carbons (Fsp3) is 0.333. The van der Waals surface area contributed by atoms with Gasteiger partial charge in [0, 0.05) is 12.3 Å². The van der Waals surface area contributed by atoms with Crippen molar-refractivity contribution in [3.63, 3.8) is 0 Å². The summed E-state index contributed by atoms with van der Waals surface area (Å²) >= 11 is 0. The van der Waals surface area contributed by atoms with Gasteiger partial charge in [0.25, 0.3) is 0 Å². The summed E-state index contributed by atoms with van der Waals surface area (Å²) in [6.07, 6.45) is -3.25. The minimum absolute atomic E-state index is 0.00796. The van der Waals surface area contributed by atoms with Crippen molar-refractivity contribution in [3.8, 4) is 6.07 Å². The number of alkyl halides is 3. The zero-order chi connectivity index (χ0) is 17.5. The lowest BCUT2D eigenvalue weighted by Crippen LogP contribution is -2.25. The van der Waals surface area contributed by atoms with E-state index in [-0.39, 0.29) is 28.4 Å². The molecule has 0 fully saturated rings. The average molecular weight is 333 g/mol. The third kappa shape index (κ3) is 2.60. The van der Waals surface area contributed by atoms with Gasteiger partial charge in [0.05, 0.1) is 17.2 Å². The number of allylic oxidation sites excluding steroid dienone is 4. The largest absolute Gasteiger partial charge is 0.457 e. The fourth-order valence-corrected chi connectivity index (χ4v) is 3.32. The molecule has 0 amide bonds. The molecule has 1 aromatic carbocycles. The first-order valence-corrected chi connectivity index (χ1v) is 7.55. The van der Waals surface area contributed by atoms with Gasteiger partial charge < -0.3 is 4.74 Å². The van der Waals surface area contributed by atoms with Crippen LogP contribution in [0.25, 0.3) is 0 Å². The topological polar surface area (TPSA) is 50.1 Å². The Labute approximate surface area is 137 Å². The second-order valence-corrected chi connectivity index (χ2v) is 5.83. The standard InChI is InChI=1S/C18H14F3NO2/c1-10-13(9-22)16(12-6-4-8-15(23)17(12)24-10)11-5-2-3-7-14(11)18(19,20)21/h2-3,5,7,16H,4,6,8H2,1H3. The van der Waals surface area contributed by atoms with E-state index < -0.39 is 17.7 Å². The summed E-state index contributed by atoms with van der Waals surface area (Å²) in [6.45, 7) is 1.51. The highest BCUT2D eigenvalue weighted by Gasteiger charge is 2.41. The molecular weight excluding hydrogens is 319 g/mol. The Bertz CT molecular complexity index is 812. The summed E-state index contributed by atoms with van der Waals surface area (Å²) in [5.74, 6) is -0.809. The molecule has 1 aliphatic carbocycles. The van der Waals surface area contributed by atoms with Gasteiger partial charge in [-0.25, -0.2) is 0 Å². The normalized spacial score (nSPS) is 21.3. The lowest BCUT2D eigenvalue weighted by molar-refractivity contribution is -0.138. The van der Waals surface area contributed by atoms with E-state index in [0.29, 0.717) is 24.8 Å². The quantitative estimate of drug-likeness (QED) is 0.753. The van der Waals surface area contributed by atoms with Gasteiger partial charge in [0.1, 0.15) is 5.76 Å². The Kier molecular flexibility index (Phi) is 3.96. The Hall–Kier alpha value is -2.55. The van der Waals surface area contributed by atoms with E-state index in [0.717, 1.165) is 6.07 Å². The highest BCUT2D eigenvalue weighted by Crippen LogP contribution is 2.47. The molecule has 0 spiro atoms. The molecule has 0 N–H and O–H groups in total. The van der Waals surface area contributed by atoms with Crippen LogP contribution in [0.2, 0.25) is 0 Å². The van der Waals surface area contributed by atoms with Gasteiger partial charge >= 0.3 is 6.18 Å². The van der Waals surface area contributed by atoms with Crippen LogP contribution in [0.15, 0.2) is 46.9 Å². The number of nitriles is 1. The van der Waals surface area contributed by atoms with Crippen LogP contribution in [0.3, 0.4) is 0 Å². The summed E-state index contributed by atoms with van der Waals surface area (Å²) in [5.41, 5.74) is -0.195. The van der Waals surface area contributed by atoms with Crippen LogP contribution >= 0.6 is 0 Å². The molecular formula is C18H14F3NO2. The highest BCUT2D eigenvalue weighted by atomic mass is 19.4. The van der Waals surface area contributed by atoms with Crippen molar-refractivity contribution in [2.45, 2.75) is 38.3 Å². The van der Waals surface area contributed by atoms with E-state index in [2.05, 4.69) is 0 Å². The smallest absolute Gasteiger partial charge is 0.416 e. The second kappa shape index (κ2) is 5.82. The van der Waals surface area contributed by atoms with E-state index in [1.165, 1.54) is 25.1 Å². The number of Topliss-reactive ketones (excluding diaryl/α,β-unsaturated/α-hetero) is 1. The van der Waals surface area contributed by atoms with Crippen molar-refractivity contribution in [1.29, 1.82) is 5.26 Å². The molecule has 1 atom stereocenters. The number of rotatable bonds is 1. The monoisotopic (exact) mass is 333 g/mol. The van der Waals surface area contributed by atoms with E-state index in [9.17, 15) is 23.2 Å². The summed E-state index contributed by atoms with van der Waals surface area (Å²) < 4.78 is 45.7. The third-order valence-electron chi connectivity index (χ3n) is 4.36. The first kappa shape index (κ1) is 16.3. The molecule has 6 heteroatoms. The molecule has 0 radical (unpaired) electrons. The number of ketones is 1. The molecule has 3 nitrogen and oxygen atoms in total. The molecule has 1 aromatic rings. The number of ether oxygens (including phenoxy) is 1. The molecule has 3 rings (SSSR count). The number of benzene rings is 1. The Balaban J connectivity index is 2.25. The third-order valence-corrected chi connectivity index (χ3v) is 4.36. The fourth-order valence-electron chi connectivity index (χ4n) is 3.32. The molecule has 1 aliphatic heterocycles. The van der Waals surface area contributed by atoms with Gasteiger partial charge in [-0.05, 0) is 37.0 Å². The van der Waals surface area contributed by atoms with Gasteiger partial charge in [0.15, 0.2) is 11.5 Å². The van der Waals surface area contributed by atoms with Crippen molar-refractivity contribution >= 4 is 5.78 Å². The van der Waals surface area contributed by atoms with Gasteiger partial charge in [-0.15, -0.1) is 0 Å². The Morgan fingerprint density at radius 2 is 1.96 bits per heavy atom. The second-order valence-electron chi connectivity index (χ2n) is 5.83. The number of hydrogen-bond acceptors (Lipinski definition) is 3. The Morgan fingerprint density at radius 1 is 1.25 bits per heavy atom. The first-order chi connectivity index (χ1) is 11.3. The van der Waals surface area contributed by atoms with Gasteiger partial charge in [-0.1, -0.05) is 18.2 Å². The van der Waals surface area contributed by atoms with Crippen molar-refractivity contribution in [2.24, 2.45) is 0 Å². The van der Waals surface area contributed by atoms with Crippen LogP contribution in [0, 0.1) is 11.3 Å². The average Bonchev–Trinajstić information content (AvgIpc) is 2.54. The molecule has 0 saturated heterocycles. The Morgan fingerprint density at radius 3 is 2.62 bits per heavy atom. The van der Waals surface area contributed by atoms with Crippen LogP contribution in [-0.4, -0.2) is 5.78 Å². The van der Waals surface area contributed by atoms with E-state index in [1.54, 1.807) is 0 Å². The van der Waals surface area contributed by atoms with Gasteiger partial charge in [0.2, 0.25) is 0 Å². The minimum Gasteiger partial charge on any atom is -0.457 e. The predicted molar refractivity (Wildman–Crippen MR) is 79.5 cm³/mol. The van der Waals surface area contributed by atoms with Crippen LogP contribution in [0.1, 0.15) is 43.2 Å². The van der Waals surface area contributed by atoms with Crippen LogP contribution < -0.4 is 0 Å². The van der Waals surface area contributed by atoms with E-state index in [4.69, 9.17) is 4.74 Å². The van der Waals surface area contributed by atoms with Gasteiger partial charge in [-0.3, -0.25) is 4.79 Å². The summed E-state index contributed by atoms with van der Waals surface area (Å²) in [7, 11) is 0. The molecule has 1 unspecified atom stereocenters. The van der Waals surface area contributed by atoms with Crippen molar-refractivity contribution < 1.29 is 22.7 Å². The predicted octanol–water partition coefficient (Wildman–Crippen LogP) is 4.62. The SMILES string of the molecule is CC1=C(C#N)C(c2ccccc2C(F)(F)F)C2=C(O1)C(=O)CCC2. The number of carbonyl (C=O) groups excluding carboxylic acids is 1. The van der Waals surface area contributed by atoms with Crippen molar-refractivity contribution in [1.82, 2.24) is 0 Å². The number of halogens is 3. The molecule has 24 heavy (non-hydrogen) atoms. The van der Waals surface area contributed by atoms with Crippen LogP contribution in [0.5, 0.6) is 0 Å². The van der Waals surface area contributed by atoms with E-state index in [1.807, 2.05) is 6.07 Å². The maximum Gasteiger partial charge on any atom is 0.416 e. The maximum atomic E-state index is 13.4. The summed E-state index contributed by atoms with van der Waals surface area (Å²) in [4.78, 5) is 12.1. The summed E-state index contributed by atoms with van der Waals surface area (Å²) in [5, 5.41) is 9.47. The lowest BCUT2D eigenvalue weighted by Gasteiger charge is -2.32. The zero-order valence-corrected chi connectivity index (χ0v) is 12.9. The number of nitrogens with zero attached hydrogens (tertiary/aromatic N) is 1. The zero-order valence-electron chi connectivity index (χ0n) is 12.9. The van der Waals surface area contributed by atoms with Crippen molar-refractivity contribution in [2.75, 3.05) is 0 Å². The highest BCUT2D eigenvalue weighted by molar-refractivity contribution is 5.96. The van der Waals surface area contributed by atoms with E-state index >= 15 is 0 Å². The van der Waals surface area contributed by atoms with Gasteiger partial charge in [-0.2, -0.15) is 18.4 Å². The lowest BCUT2D eigenvalue weighted by atomic mass is 9.76. The molecule has 0 bridgehead atoms. The molecule has 0 aromatic heterocycles. The summed E-state index contributed by atoms with van der Waals surface area (Å²) in [6, 6.07) is 7.16. The molecule has 1 heterocycles. The number of carbonyl (C=O) groups is 1. The minimum atomic E-state index is -4.54. The van der Waals surface area contributed by atoms with Crippen LogP contribution in [0.4, 0.5) is 13.2 Å². The molecule has 124 valence electrons. The molecule has 2 aliphatic rings. The molecule has 0 saturated carbocycles. The first-order valence-electron chi connectivity index (χ1n) is 7.55. The maximum absolute atomic E-state index is 13.4. The van der Waals surface area contributed by atoms with Crippen molar-refractivity contribution in [3.05, 3.63) is 58.1 Å².